The minimum absolute atomic E-state index is 0.210. The first kappa shape index (κ1) is 32.6. The molecule has 0 saturated heterocycles. The predicted octanol–water partition coefficient (Wildman–Crippen LogP) is 7.75. The number of hydrogen-bond donors (Lipinski definition) is 2. The molecule has 0 fully saturated rings. The van der Waals surface area contributed by atoms with Gasteiger partial charge in [-0.1, -0.05) is 72.8 Å². The highest BCUT2D eigenvalue weighted by molar-refractivity contribution is 7.85. The lowest BCUT2D eigenvalue weighted by Gasteiger charge is -2.18. The van der Waals surface area contributed by atoms with Crippen LogP contribution in [-0.2, 0) is 21.3 Å². The third kappa shape index (κ3) is 7.52. The zero-order chi connectivity index (χ0) is 34.7. The Morgan fingerprint density at radius 1 is 0.680 bits per heavy atom. The lowest BCUT2D eigenvalue weighted by molar-refractivity contribution is -0.117. The molecule has 0 aliphatic heterocycles. The minimum Gasteiger partial charge on any atom is -0.748 e. The topological polar surface area (TPSA) is 142 Å². The number of hydrogen-bond acceptors (Lipinski definition) is 7. The van der Waals surface area contributed by atoms with Crippen LogP contribution in [0.2, 0.25) is 0 Å². The smallest absolute Gasteiger partial charge is 0.251 e. The summed E-state index contributed by atoms with van der Waals surface area (Å²) in [6.45, 7) is -0.280. The number of fused-ring (bicyclic) bond motifs is 2. The second-order valence-corrected chi connectivity index (χ2v) is 13.5. The van der Waals surface area contributed by atoms with Crippen LogP contribution in [0.3, 0.4) is 0 Å². The van der Waals surface area contributed by atoms with Gasteiger partial charge in [0.2, 0.25) is 5.91 Å². The molecule has 5 aromatic carbocycles. The van der Waals surface area contributed by atoms with Crippen LogP contribution in [0.5, 0.6) is 0 Å². The first-order valence-electron chi connectivity index (χ1n) is 16.0. The largest absolute Gasteiger partial charge is 0.748 e. The van der Waals surface area contributed by atoms with Gasteiger partial charge in [-0.15, -0.1) is 0 Å². The van der Waals surface area contributed by atoms with Crippen LogP contribution < -0.4 is 10.6 Å². The van der Waals surface area contributed by atoms with E-state index >= 15 is 0 Å². The van der Waals surface area contributed by atoms with Crippen LogP contribution >= 0.6 is 0 Å². The van der Waals surface area contributed by atoms with Crippen molar-refractivity contribution in [2.75, 3.05) is 17.6 Å². The van der Waals surface area contributed by atoms with E-state index < -0.39 is 27.7 Å². The third-order valence-electron chi connectivity index (χ3n) is 8.50. The predicted molar refractivity (Wildman–Crippen MR) is 192 cm³/mol. The number of carbonyl (C=O) groups is 2. The Balaban J connectivity index is 1.11. The van der Waals surface area contributed by atoms with Crippen molar-refractivity contribution in [1.82, 2.24) is 5.32 Å². The van der Waals surface area contributed by atoms with Gasteiger partial charge in [-0.2, -0.15) is 0 Å². The summed E-state index contributed by atoms with van der Waals surface area (Å²) in [6, 6.07) is 41.5. The fourth-order valence-electron chi connectivity index (χ4n) is 5.86. The van der Waals surface area contributed by atoms with Gasteiger partial charge in [-0.05, 0) is 78.2 Å². The number of anilines is 1. The Labute approximate surface area is 288 Å². The summed E-state index contributed by atoms with van der Waals surface area (Å²) in [6.07, 6.45) is 0.337. The van der Waals surface area contributed by atoms with E-state index in [1.54, 1.807) is 24.3 Å². The van der Waals surface area contributed by atoms with Crippen LogP contribution in [0.15, 0.2) is 142 Å². The third-order valence-corrected chi connectivity index (χ3v) is 9.20. The van der Waals surface area contributed by atoms with Crippen molar-refractivity contribution in [3.8, 4) is 22.6 Å². The SMILES string of the molecule is O=C(NCCS(=O)(=O)[O-])c1ccc(CC(C(=O)Nc2ccc(-c3cc4ccccc4o3)cc2)c2ccc(-c3cc4ccccc4o3)cc2)cc1. The van der Waals surface area contributed by atoms with Crippen molar-refractivity contribution in [3.05, 3.63) is 150 Å². The van der Waals surface area contributed by atoms with Crippen LogP contribution in [0.1, 0.15) is 27.4 Å². The number of para-hydroxylation sites is 2. The van der Waals surface area contributed by atoms with Crippen molar-refractivity contribution in [2.45, 2.75) is 12.3 Å². The lowest BCUT2D eigenvalue weighted by atomic mass is 9.90. The van der Waals surface area contributed by atoms with Crippen molar-refractivity contribution >= 4 is 49.6 Å². The Bertz CT molecular complexity index is 2350. The maximum atomic E-state index is 13.9. The fourth-order valence-corrected chi connectivity index (χ4v) is 6.21. The molecule has 50 heavy (non-hydrogen) atoms. The number of amides is 2. The second-order valence-electron chi connectivity index (χ2n) is 12.0. The quantitative estimate of drug-likeness (QED) is 0.133. The number of carbonyl (C=O) groups excluding carboxylic acids is 2. The average molecular weight is 684 g/mol. The summed E-state index contributed by atoms with van der Waals surface area (Å²) in [5.74, 6) is -0.521. The Morgan fingerprint density at radius 3 is 1.76 bits per heavy atom. The summed E-state index contributed by atoms with van der Waals surface area (Å²) in [4.78, 5) is 26.4. The number of nitrogens with one attached hydrogen (secondary N) is 2. The molecule has 9 nitrogen and oxygen atoms in total. The van der Waals surface area contributed by atoms with Crippen molar-refractivity contribution in [2.24, 2.45) is 0 Å². The number of furan rings is 2. The molecule has 1 unspecified atom stereocenters. The summed E-state index contributed by atoms with van der Waals surface area (Å²) >= 11 is 0. The van der Waals surface area contributed by atoms with Crippen molar-refractivity contribution < 1.29 is 31.4 Å². The summed E-state index contributed by atoms with van der Waals surface area (Å²) in [5, 5.41) is 7.52. The van der Waals surface area contributed by atoms with E-state index in [9.17, 15) is 22.6 Å². The van der Waals surface area contributed by atoms with Gasteiger partial charge in [-0.3, -0.25) is 9.59 Å². The molecule has 0 spiro atoms. The van der Waals surface area contributed by atoms with Crippen LogP contribution in [-0.4, -0.2) is 37.1 Å². The number of rotatable bonds is 11. The Morgan fingerprint density at radius 2 is 1.22 bits per heavy atom. The van der Waals surface area contributed by atoms with E-state index in [1.165, 1.54) is 0 Å². The number of benzene rings is 5. The molecule has 10 heteroatoms. The zero-order valence-corrected chi connectivity index (χ0v) is 27.5. The average Bonchev–Trinajstić information content (AvgIpc) is 3.76. The molecule has 7 aromatic rings. The van der Waals surface area contributed by atoms with Gasteiger partial charge in [0.25, 0.3) is 5.91 Å². The van der Waals surface area contributed by atoms with Gasteiger partial charge in [0, 0.05) is 39.7 Å². The molecule has 0 bridgehead atoms. The minimum atomic E-state index is -4.44. The molecule has 0 radical (unpaired) electrons. The van der Waals surface area contributed by atoms with Crippen LogP contribution in [0.25, 0.3) is 44.6 Å². The first-order chi connectivity index (χ1) is 24.2. The van der Waals surface area contributed by atoms with Crippen LogP contribution in [0.4, 0.5) is 5.69 Å². The molecule has 250 valence electrons. The van der Waals surface area contributed by atoms with Gasteiger partial charge < -0.3 is 24.0 Å². The summed E-state index contributed by atoms with van der Waals surface area (Å²) in [7, 11) is -4.44. The molecular formula is C40H31N2O7S-. The highest BCUT2D eigenvalue weighted by Crippen LogP contribution is 2.32. The normalized spacial score (nSPS) is 12.2. The molecule has 0 aliphatic rings. The van der Waals surface area contributed by atoms with E-state index in [0.717, 1.165) is 55.7 Å². The lowest BCUT2D eigenvalue weighted by Crippen LogP contribution is -2.29. The van der Waals surface area contributed by atoms with E-state index in [2.05, 4.69) is 10.6 Å². The maximum Gasteiger partial charge on any atom is 0.251 e. The van der Waals surface area contributed by atoms with Crippen molar-refractivity contribution in [1.29, 1.82) is 0 Å². The van der Waals surface area contributed by atoms with E-state index in [-0.39, 0.29) is 12.5 Å². The highest BCUT2D eigenvalue weighted by Gasteiger charge is 2.22. The summed E-state index contributed by atoms with van der Waals surface area (Å²) in [5.41, 5.74) is 5.90. The molecule has 2 heterocycles. The molecule has 2 amide bonds. The zero-order valence-electron chi connectivity index (χ0n) is 26.7. The molecule has 1 atom stereocenters. The maximum absolute atomic E-state index is 13.9. The molecule has 7 rings (SSSR count). The van der Waals surface area contributed by atoms with Gasteiger partial charge in [0.15, 0.2) is 0 Å². The van der Waals surface area contributed by atoms with Crippen LogP contribution in [0, 0.1) is 0 Å². The molecule has 2 aromatic heterocycles. The van der Waals surface area contributed by atoms with Gasteiger partial charge in [0.05, 0.1) is 21.8 Å². The monoisotopic (exact) mass is 683 g/mol. The molecular weight excluding hydrogens is 653 g/mol. The highest BCUT2D eigenvalue weighted by atomic mass is 32.2. The standard InChI is InChI=1S/C40H32N2O7S/c43-39(41-21-22-50(45,46)47)30-11-9-26(10-12-30)23-34(27-13-15-28(16-14-27)37-24-31-5-1-3-7-35(31)48-37)40(44)42-33-19-17-29(18-20-33)38-25-32-6-2-4-8-36(32)49-38/h1-20,24-25,34H,21-23H2,(H,41,43)(H,42,44)(H,45,46,47)/p-1. The summed E-state index contributed by atoms with van der Waals surface area (Å²) < 4.78 is 44.6. The fraction of sp³-hybridized carbons (Fsp3) is 0.100. The van der Waals surface area contributed by atoms with Gasteiger partial charge >= 0.3 is 0 Å². The van der Waals surface area contributed by atoms with Crippen molar-refractivity contribution in [3.63, 3.8) is 0 Å². The molecule has 0 saturated carbocycles. The molecule has 0 aliphatic carbocycles. The van der Waals surface area contributed by atoms with Gasteiger partial charge in [-0.25, -0.2) is 8.42 Å². The Kier molecular flexibility index (Phi) is 9.04. The van der Waals surface area contributed by atoms with E-state index in [4.69, 9.17) is 8.83 Å². The van der Waals surface area contributed by atoms with E-state index in [0.29, 0.717) is 17.7 Å². The van der Waals surface area contributed by atoms with Gasteiger partial charge in [0.1, 0.15) is 22.7 Å². The molecule has 2 N–H and O–H groups in total. The second kappa shape index (κ2) is 13.9. The first-order valence-corrected chi connectivity index (χ1v) is 17.6. The van der Waals surface area contributed by atoms with E-state index in [1.807, 2.05) is 109 Å². The Hall–Kier alpha value is -5.97.